The van der Waals surface area contributed by atoms with Crippen molar-refractivity contribution in [2.45, 2.75) is 33.7 Å². The van der Waals surface area contributed by atoms with Crippen molar-refractivity contribution in [1.29, 1.82) is 0 Å². The van der Waals surface area contributed by atoms with Crippen LogP contribution in [0.5, 0.6) is 0 Å². The zero-order valence-electron chi connectivity index (χ0n) is 14.8. The number of benzene rings is 2. The molecule has 2 rings (SSSR count). The maximum atomic E-state index is 12.2. The lowest BCUT2D eigenvalue weighted by Crippen LogP contribution is -2.31. The van der Waals surface area contributed by atoms with Crippen molar-refractivity contribution in [3.05, 3.63) is 64.2 Å². The Morgan fingerprint density at radius 3 is 2.52 bits per heavy atom. The van der Waals surface area contributed by atoms with E-state index in [9.17, 15) is 9.59 Å². The molecule has 0 spiro atoms. The molecule has 2 aromatic carbocycles. The Bertz CT molecular complexity index is 774. The van der Waals surface area contributed by atoms with Crippen LogP contribution in [0, 0.1) is 13.8 Å². The molecule has 0 aliphatic heterocycles. The monoisotopic (exact) mass is 358 g/mol. The van der Waals surface area contributed by atoms with Gasteiger partial charge in [0.1, 0.15) is 0 Å². The van der Waals surface area contributed by atoms with Crippen LogP contribution in [-0.2, 0) is 16.1 Å². The number of amides is 2. The predicted molar refractivity (Wildman–Crippen MR) is 102 cm³/mol. The molecule has 0 heterocycles. The second-order valence-corrected chi connectivity index (χ2v) is 6.62. The summed E-state index contributed by atoms with van der Waals surface area (Å²) in [6.45, 7) is 6.31. The van der Waals surface area contributed by atoms with Crippen molar-refractivity contribution in [1.82, 2.24) is 4.90 Å². The number of nitrogens with one attached hydrogen (secondary N) is 1. The molecule has 25 heavy (non-hydrogen) atoms. The van der Waals surface area contributed by atoms with Gasteiger partial charge in [-0.05, 0) is 43.2 Å². The van der Waals surface area contributed by atoms with E-state index >= 15 is 0 Å². The highest BCUT2D eigenvalue weighted by Crippen LogP contribution is 2.19. The van der Waals surface area contributed by atoms with Crippen LogP contribution in [0.15, 0.2) is 42.5 Å². The quantitative estimate of drug-likeness (QED) is 0.835. The van der Waals surface area contributed by atoms with Crippen molar-refractivity contribution in [3.8, 4) is 0 Å². The molecule has 0 aromatic heterocycles. The van der Waals surface area contributed by atoms with Crippen LogP contribution < -0.4 is 5.32 Å². The van der Waals surface area contributed by atoms with Crippen molar-refractivity contribution < 1.29 is 9.59 Å². The first kappa shape index (κ1) is 19.0. The lowest BCUT2D eigenvalue weighted by atomic mass is 10.1. The third-order valence-electron chi connectivity index (χ3n) is 3.97. The van der Waals surface area contributed by atoms with Gasteiger partial charge in [-0.25, -0.2) is 0 Å². The van der Waals surface area contributed by atoms with Gasteiger partial charge in [0.15, 0.2) is 0 Å². The number of hydrogen-bond acceptors (Lipinski definition) is 2. The molecule has 2 aromatic rings. The van der Waals surface area contributed by atoms with E-state index < -0.39 is 0 Å². The Morgan fingerprint density at radius 1 is 1.12 bits per heavy atom. The average Bonchev–Trinajstić information content (AvgIpc) is 2.54. The molecule has 0 radical (unpaired) electrons. The summed E-state index contributed by atoms with van der Waals surface area (Å²) in [5.74, 6) is -0.169. The number of aryl methyl sites for hydroxylation is 2. The molecule has 0 bridgehead atoms. The van der Waals surface area contributed by atoms with E-state index in [1.165, 1.54) is 6.92 Å². The average molecular weight is 359 g/mol. The van der Waals surface area contributed by atoms with Crippen LogP contribution in [0.2, 0.25) is 5.02 Å². The molecular weight excluding hydrogens is 336 g/mol. The van der Waals surface area contributed by atoms with Gasteiger partial charge in [0.2, 0.25) is 11.8 Å². The SMILES string of the molecule is CC(=O)N(CCC(=O)Nc1ccc(Cl)cc1C)Cc1cccc(C)c1. The Kier molecular flexibility index (Phi) is 6.59. The van der Waals surface area contributed by atoms with Crippen LogP contribution >= 0.6 is 11.6 Å². The predicted octanol–water partition coefficient (Wildman–Crippen LogP) is 4.33. The minimum Gasteiger partial charge on any atom is -0.338 e. The number of halogens is 1. The smallest absolute Gasteiger partial charge is 0.226 e. The highest BCUT2D eigenvalue weighted by molar-refractivity contribution is 6.30. The van der Waals surface area contributed by atoms with Gasteiger partial charge in [-0.2, -0.15) is 0 Å². The van der Waals surface area contributed by atoms with Gasteiger partial charge in [0.25, 0.3) is 0 Å². The summed E-state index contributed by atoms with van der Waals surface area (Å²) in [6.07, 6.45) is 0.244. The van der Waals surface area contributed by atoms with E-state index in [4.69, 9.17) is 11.6 Å². The minimum atomic E-state index is -0.124. The van der Waals surface area contributed by atoms with Crippen LogP contribution in [0.1, 0.15) is 30.0 Å². The maximum absolute atomic E-state index is 12.2. The number of anilines is 1. The second-order valence-electron chi connectivity index (χ2n) is 6.19. The summed E-state index contributed by atoms with van der Waals surface area (Å²) in [7, 11) is 0. The lowest BCUT2D eigenvalue weighted by Gasteiger charge is -2.21. The molecule has 0 atom stereocenters. The number of hydrogen-bond donors (Lipinski definition) is 1. The highest BCUT2D eigenvalue weighted by atomic mass is 35.5. The molecule has 132 valence electrons. The zero-order valence-corrected chi connectivity index (χ0v) is 15.6. The van der Waals surface area contributed by atoms with Crippen LogP contribution in [0.25, 0.3) is 0 Å². The van der Waals surface area contributed by atoms with E-state index in [1.54, 1.807) is 23.1 Å². The van der Waals surface area contributed by atoms with Crippen LogP contribution in [-0.4, -0.2) is 23.3 Å². The summed E-state index contributed by atoms with van der Waals surface area (Å²) >= 11 is 5.92. The van der Waals surface area contributed by atoms with Gasteiger partial charge in [-0.1, -0.05) is 41.4 Å². The number of nitrogens with zero attached hydrogens (tertiary/aromatic N) is 1. The standard InChI is InChI=1S/C20H23ClN2O2/c1-14-5-4-6-17(11-14)13-23(16(3)24)10-9-20(25)22-19-8-7-18(21)12-15(19)2/h4-8,11-12H,9-10,13H2,1-3H3,(H,22,25). The van der Waals surface area contributed by atoms with Crippen molar-refractivity contribution in [2.75, 3.05) is 11.9 Å². The van der Waals surface area contributed by atoms with Gasteiger partial charge in [-0.3, -0.25) is 9.59 Å². The van der Waals surface area contributed by atoms with E-state index in [0.717, 1.165) is 22.4 Å². The highest BCUT2D eigenvalue weighted by Gasteiger charge is 2.13. The first-order chi connectivity index (χ1) is 11.8. The summed E-state index contributed by atoms with van der Waals surface area (Å²) in [6, 6.07) is 13.3. The largest absolute Gasteiger partial charge is 0.338 e. The molecular formula is C20H23ClN2O2. The van der Waals surface area contributed by atoms with Crippen molar-refractivity contribution >= 4 is 29.1 Å². The first-order valence-corrected chi connectivity index (χ1v) is 8.60. The van der Waals surface area contributed by atoms with Crippen LogP contribution in [0.4, 0.5) is 5.69 Å². The summed E-state index contributed by atoms with van der Waals surface area (Å²) in [5.41, 5.74) is 3.85. The third kappa shape index (κ3) is 5.91. The second kappa shape index (κ2) is 8.67. The Hall–Kier alpha value is -2.33. The molecule has 4 nitrogen and oxygen atoms in total. The molecule has 0 unspecified atom stereocenters. The van der Waals surface area contributed by atoms with E-state index in [1.807, 2.05) is 38.1 Å². The van der Waals surface area contributed by atoms with Gasteiger partial charge in [0, 0.05) is 37.1 Å². The number of rotatable bonds is 6. The third-order valence-corrected chi connectivity index (χ3v) is 4.21. The summed E-state index contributed by atoms with van der Waals surface area (Å²) < 4.78 is 0. The molecule has 5 heteroatoms. The van der Waals surface area contributed by atoms with Gasteiger partial charge in [-0.15, -0.1) is 0 Å². The van der Waals surface area contributed by atoms with E-state index in [-0.39, 0.29) is 18.2 Å². The summed E-state index contributed by atoms with van der Waals surface area (Å²) in [5, 5.41) is 3.50. The normalized spacial score (nSPS) is 10.4. The fourth-order valence-corrected chi connectivity index (χ4v) is 2.82. The topological polar surface area (TPSA) is 49.4 Å². The molecule has 0 fully saturated rings. The molecule has 0 aliphatic carbocycles. The molecule has 1 N–H and O–H groups in total. The minimum absolute atomic E-state index is 0.0445. The Balaban J connectivity index is 1.94. The molecule has 0 saturated carbocycles. The molecule has 2 amide bonds. The van der Waals surface area contributed by atoms with Crippen molar-refractivity contribution in [3.63, 3.8) is 0 Å². The fourth-order valence-electron chi connectivity index (χ4n) is 2.60. The van der Waals surface area contributed by atoms with Gasteiger partial charge < -0.3 is 10.2 Å². The van der Waals surface area contributed by atoms with E-state index in [0.29, 0.717) is 18.1 Å². The zero-order chi connectivity index (χ0) is 18.4. The van der Waals surface area contributed by atoms with Crippen LogP contribution in [0.3, 0.4) is 0 Å². The number of carbonyl (C=O) groups is 2. The van der Waals surface area contributed by atoms with Gasteiger partial charge in [0.05, 0.1) is 0 Å². The fraction of sp³-hybridized carbons (Fsp3) is 0.300. The Morgan fingerprint density at radius 2 is 1.88 bits per heavy atom. The van der Waals surface area contributed by atoms with Crippen molar-refractivity contribution in [2.24, 2.45) is 0 Å². The molecule has 0 aliphatic rings. The summed E-state index contributed by atoms with van der Waals surface area (Å²) in [4.78, 5) is 25.8. The number of carbonyl (C=O) groups excluding carboxylic acids is 2. The lowest BCUT2D eigenvalue weighted by molar-refractivity contribution is -0.129. The maximum Gasteiger partial charge on any atom is 0.226 e. The Labute approximate surface area is 153 Å². The van der Waals surface area contributed by atoms with Gasteiger partial charge >= 0.3 is 0 Å². The molecule has 0 saturated heterocycles. The first-order valence-electron chi connectivity index (χ1n) is 8.22. The van der Waals surface area contributed by atoms with E-state index in [2.05, 4.69) is 5.32 Å².